The molecule has 5 nitrogen and oxygen atoms in total. The van der Waals surface area contributed by atoms with E-state index in [4.69, 9.17) is 11.6 Å². The summed E-state index contributed by atoms with van der Waals surface area (Å²) in [6, 6.07) is 11.7. The number of ketones is 1. The van der Waals surface area contributed by atoms with Gasteiger partial charge >= 0.3 is 0 Å². The molecule has 2 aromatic heterocycles. The van der Waals surface area contributed by atoms with Gasteiger partial charge in [-0.3, -0.25) is 19.1 Å². The molecule has 1 aromatic carbocycles. The van der Waals surface area contributed by atoms with Gasteiger partial charge in [-0.05, 0) is 31.2 Å². The van der Waals surface area contributed by atoms with Crippen LogP contribution in [0.2, 0.25) is 5.02 Å². The summed E-state index contributed by atoms with van der Waals surface area (Å²) in [6.07, 6.45) is 3.10. The minimum absolute atomic E-state index is 0.00778. The highest BCUT2D eigenvalue weighted by Crippen LogP contribution is 2.20. The SMILES string of the molecule is Cc1cc(=O)n(-c2ccccc2Cl)c(CC(=O)c2ccncc2)n1. The van der Waals surface area contributed by atoms with E-state index in [9.17, 15) is 9.59 Å². The zero-order valence-electron chi connectivity index (χ0n) is 12.9. The largest absolute Gasteiger partial charge is 0.294 e. The lowest BCUT2D eigenvalue weighted by Gasteiger charge is -2.13. The lowest BCUT2D eigenvalue weighted by Crippen LogP contribution is -2.25. The molecule has 24 heavy (non-hydrogen) atoms. The Labute approximate surface area is 143 Å². The maximum Gasteiger partial charge on any atom is 0.258 e. The van der Waals surface area contributed by atoms with Crippen LogP contribution in [0.25, 0.3) is 5.69 Å². The van der Waals surface area contributed by atoms with Crippen LogP contribution in [0.4, 0.5) is 0 Å². The van der Waals surface area contributed by atoms with Crippen molar-refractivity contribution in [1.82, 2.24) is 14.5 Å². The van der Waals surface area contributed by atoms with E-state index in [1.807, 2.05) is 0 Å². The van der Waals surface area contributed by atoms with Crippen LogP contribution in [-0.2, 0) is 6.42 Å². The number of halogens is 1. The average Bonchev–Trinajstić information content (AvgIpc) is 2.56. The van der Waals surface area contributed by atoms with Crippen LogP contribution in [0.3, 0.4) is 0 Å². The summed E-state index contributed by atoms with van der Waals surface area (Å²) in [4.78, 5) is 33.2. The number of pyridine rings is 1. The highest BCUT2D eigenvalue weighted by molar-refractivity contribution is 6.32. The van der Waals surface area contributed by atoms with Crippen molar-refractivity contribution < 1.29 is 4.79 Å². The maximum absolute atomic E-state index is 12.5. The second kappa shape index (κ2) is 6.76. The molecule has 0 saturated carbocycles. The van der Waals surface area contributed by atoms with Gasteiger partial charge in [-0.15, -0.1) is 0 Å². The summed E-state index contributed by atoms with van der Waals surface area (Å²) in [5, 5.41) is 0.419. The molecule has 0 radical (unpaired) electrons. The molecule has 0 atom stereocenters. The molecule has 0 spiro atoms. The van der Waals surface area contributed by atoms with Crippen molar-refractivity contribution in [2.24, 2.45) is 0 Å². The standard InChI is InChI=1S/C18H14ClN3O2/c1-12-10-18(24)22(15-5-3-2-4-14(15)19)17(21-12)11-16(23)13-6-8-20-9-7-13/h2-10H,11H2,1H3. The quantitative estimate of drug-likeness (QED) is 0.685. The van der Waals surface area contributed by atoms with Gasteiger partial charge in [-0.2, -0.15) is 0 Å². The van der Waals surface area contributed by atoms with Crippen LogP contribution < -0.4 is 5.56 Å². The molecule has 120 valence electrons. The van der Waals surface area contributed by atoms with E-state index in [1.165, 1.54) is 10.6 Å². The van der Waals surface area contributed by atoms with E-state index in [1.54, 1.807) is 55.7 Å². The number of para-hydroxylation sites is 1. The lowest BCUT2D eigenvalue weighted by atomic mass is 10.1. The molecule has 3 rings (SSSR count). The van der Waals surface area contributed by atoms with Crippen molar-refractivity contribution in [2.45, 2.75) is 13.3 Å². The molecule has 0 aliphatic heterocycles. The van der Waals surface area contributed by atoms with Crippen molar-refractivity contribution in [3.05, 3.63) is 87.3 Å². The topological polar surface area (TPSA) is 64.8 Å². The number of Topliss-reactive ketones (excluding diaryl/α,β-unsaturated/α-hetero) is 1. The monoisotopic (exact) mass is 339 g/mol. The van der Waals surface area contributed by atoms with Gasteiger partial charge in [0.25, 0.3) is 5.56 Å². The lowest BCUT2D eigenvalue weighted by molar-refractivity contribution is 0.0990. The molecule has 0 saturated heterocycles. The van der Waals surface area contributed by atoms with Crippen molar-refractivity contribution in [1.29, 1.82) is 0 Å². The highest BCUT2D eigenvalue weighted by atomic mass is 35.5. The normalized spacial score (nSPS) is 10.6. The zero-order valence-corrected chi connectivity index (χ0v) is 13.7. The van der Waals surface area contributed by atoms with E-state index in [2.05, 4.69) is 9.97 Å². The van der Waals surface area contributed by atoms with Gasteiger partial charge in [-0.1, -0.05) is 23.7 Å². The van der Waals surface area contributed by atoms with Gasteiger partial charge in [0, 0.05) is 29.7 Å². The Kier molecular flexibility index (Phi) is 4.53. The molecular formula is C18H14ClN3O2. The summed E-state index contributed by atoms with van der Waals surface area (Å²) in [5.41, 5.74) is 1.31. The maximum atomic E-state index is 12.5. The molecule has 6 heteroatoms. The zero-order chi connectivity index (χ0) is 17.1. The Morgan fingerprint density at radius 1 is 1.17 bits per heavy atom. The number of aryl methyl sites for hydroxylation is 1. The first-order valence-electron chi connectivity index (χ1n) is 7.34. The van der Waals surface area contributed by atoms with E-state index in [0.29, 0.717) is 27.8 Å². The fourth-order valence-corrected chi connectivity index (χ4v) is 2.67. The van der Waals surface area contributed by atoms with Crippen molar-refractivity contribution in [3.8, 4) is 5.69 Å². The minimum Gasteiger partial charge on any atom is -0.294 e. The third-order valence-corrected chi connectivity index (χ3v) is 3.85. The average molecular weight is 340 g/mol. The highest BCUT2D eigenvalue weighted by Gasteiger charge is 2.16. The molecule has 0 amide bonds. The van der Waals surface area contributed by atoms with Crippen molar-refractivity contribution >= 4 is 17.4 Å². The fraction of sp³-hybridized carbons (Fsp3) is 0.111. The first-order chi connectivity index (χ1) is 11.6. The number of hydrogen-bond donors (Lipinski definition) is 0. The molecule has 0 unspecified atom stereocenters. The predicted molar refractivity (Wildman–Crippen MR) is 91.9 cm³/mol. The predicted octanol–water partition coefficient (Wildman–Crippen LogP) is 3.01. The summed E-state index contributed by atoms with van der Waals surface area (Å²) >= 11 is 6.22. The van der Waals surface area contributed by atoms with Gasteiger partial charge < -0.3 is 0 Å². The molecule has 0 bridgehead atoms. The van der Waals surface area contributed by atoms with E-state index in [-0.39, 0.29) is 17.8 Å². The summed E-state index contributed by atoms with van der Waals surface area (Å²) in [7, 11) is 0. The molecular weight excluding hydrogens is 326 g/mol. The summed E-state index contributed by atoms with van der Waals surface area (Å²) in [6.45, 7) is 1.72. The number of nitrogens with zero attached hydrogens (tertiary/aromatic N) is 3. The Balaban J connectivity index is 2.10. The minimum atomic E-state index is -0.270. The summed E-state index contributed by atoms with van der Waals surface area (Å²) < 4.78 is 1.38. The molecule has 3 aromatic rings. The number of hydrogen-bond acceptors (Lipinski definition) is 4. The number of carbonyl (C=O) groups excluding carboxylic acids is 1. The smallest absolute Gasteiger partial charge is 0.258 e. The van der Waals surface area contributed by atoms with Gasteiger partial charge in [0.15, 0.2) is 5.78 Å². The molecule has 0 N–H and O–H groups in total. The number of carbonyl (C=O) groups is 1. The van der Waals surface area contributed by atoms with Crippen LogP contribution in [0.1, 0.15) is 21.9 Å². The second-order valence-corrected chi connectivity index (χ2v) is 5.68. The number of aromatic nitrogens is 3. The van der Waals surface area contributed by atoms with Gasteiger partial charge in [-0.25, -0.2) is 4.98 Å². The van der Waals surface area contributed by atoms with Crippen molar-refractivity contribution in [3.63, 3.8) is 0 Å². The van der Waals surface area contributed by atoms with Gasteiger partial charge in [0.05, 0.1) is 17.1 Å². The second-order valence-electron chi connectivity index (χ2n) is 5.27. The Morgan fingerprint density at radius 3 is 2.58 bits per heavy atom. The summed E-state index contributed by atoms with van der Waals surface area (Å²) in [5.74, 6) is 0.214. The van der Waals surface area contributed by atoms with E-state index in [0.717, 1.165) is 0 Å². The first kappa shape index (κ1) is 16.1. The van der Waals surface area contributed by atoms with Gasteiger partial charge in [0.2, 0.25) is 0 Å². The Morgan fingerprint density at radius 2 is 1.88 bits per heavy atom. The first-order valence-corrected chi connectivity index (χ1v) is 7.72. The Bertz CT molecular complexity index is 952. The van der Waals surface area contributed by atoms with Crippen molar-refractivity contribution in [2.75, 3.05) is 0 Å². The Hall–Kier alpha value is -2.79. The molecule has 2 heterocycles. The molecule has 0 aliphatic carbocycles. The van der Waals surface area contributed by atoms with Crippen LogP contribution in [-0.4, -0.2) is 20.3 Å². The molecule has 0 aliphatic rings. The number of rotatable bonds is 4. The van der Waals surface area contributed by atoms with Crippen LogP contribution in [0.5, 0.6) is 0 Å². The van der Waals surface area contributed by atoms with E-state index < -0.39 is 0 Å². The van der Waals surface area contributed by atoms with E-state index >= 15 is 0 Å². The van der Waals surface area contributed by atoms with Crippen LogP contribution in [0.15, 0.2) is 59.7 Å². The third kappa shape index (κ3) is 3.26. The fourth-order valence-electron chi connectivity index (χ4n) is 2.45. The number of benzene rings is 1. The van der Waals surface area contributed by atoms with Crippen LogP contribution >= 0.6 is 11.6 Å². The van der Waals surface area contributed by atoms with Gasteiger partial charge in [0.1, 0.15) is 5.82 Å². The third-order valence-electron chi connectivity index (χ3n) is 3.53. The van der Waals surface area contributed by atoms with Crippen LogP contribution in [0, 0.1) is 6.92 Å². The molecule has 0 fully saturated rings.